The van der Waals surface area contributed by atoms with E-state index in [1.807, 2.05) is 69.3 Å². The molecular formula is C39H44N8O7S. The number of alkyl carbamates (subject to hydrolysis) is 2. The van der Waals surface area contributed by atoms with Gasteiger partial charge in [-0.2, -0.15) is 0 Å². The molecule has 4 amide bonds. The number of nitrogens with zero attached hydrogens (tertiary/aromatic N) is 4. The van der Waals surface area contributed by atoms with Crippen LogP contribution in [-0.4, -0.2) is 93.1 Å². The number of carbonyl (C=O) groups is 4. The highest BCUT2D eigenvalue weighted by Crippen LogP contribution is 2.39. The van der Waals surface area contributed by atoms with Crippen LogP contribution >= 0.6 is 11.3 Å². The SMILES string of the molecule is CC[C@@H](NC(=O)OC)C(=O)N1CCC[C@H]1c1ncc(-c2cc3oc(-c4ccc(-c5cnc([C@@H]6C=CCN6C(=O)[C@@H](NC(=O)OC)C(C)C)[nH]5)cc4)cc3s2)[nH]1. The fraction of sp³-hybridized carbons (Fsp3) is 0.385. The Hall–Kier alpha value is -5.90. The second-order valence-corrected chi connectivity index (χ2v) is 15.0. The van der Waals surface area contributed by atoms with Crippen molar-refractivity contribution in [2.75, 3.05) is 27.3 Å². The van der Waals surface area contributed by atoms with Crippen molar-refractivity contribution in [3.8, 4) is 33.2 Å². The van der Waals surface area contributed by atoms with E-state index in [9.17, 15) is 19.2 Å². The fourth-order valence-corrected chi connectivity index (χ4v) is 8.09. The summed E-state index contributed by atoms with van der Waals surface area (Å²) in [5.41, 5.74) is 4.25. The molecule has 0 bridgehead atoms. The highest BCUT2D eigenvalue weighted by Gasteiger charge is 2.37. The summed E-state index contributed by atoms with van der Waals surface area (Å²) in [4.78, 5) is 71.0. The minimum Gasteiger partial charge on any atom is -0.455 e. The van der Waals surface area contributed by atoms with E-state index in [-0.39, 0.29) is 23.8 Å². The van der Waals surface area contributed by atoms with Gasteiger partial charge < -0.3 is 44.3 Å². The van der Waals surface area contributed by atoms with Gasteiger partial charge in [0.05, 0.1) is 53.6 Å². The van der Waals surface area contributed by atoms with Gasteiger partial charge in [0.25, 0.3) is 0 Å². The number of amides is 4. The van der Waals surface area contributed by atoms with Crippen LogP contribution in [0.5, 0.6) is 0 Å². The first-order valence-corrected chi connectivity index (χ1v) is 19.1. The van der Waals surface area contributed by atoms with Gasteiger partial charge in [-0.25, -0.2) is 19.6 Å². The van der Waals surface area contributed by atoms with Crippen LogP contribution in [0.1, 0.15) is 63.8 Å². The van der Waals surface area contributed by atoms with Crippen molar-refractivity contribution in [3.05, 3.63) is 72.6 Å². The van der Waals surface area contributed by atoms with Crippen molar-refractivity contribution in [2.45, 2.75) is 64.2 Å². The molecule has 15 nitrogen and oxygen atoms in total. The molecule has 0 aliphatic carbocycles. The Kier molecular flexibility index (Phi) is 10.8. The molecule has 5 aromatic rings. The highest BCUT2D eigenvalue weighted by atomic mass is 32.1. The lowest BCUT2D eigenvalue weighted by atomic mass is 10.0. The molecule has 1 saturated heterocycles. The standard InChI is InChI=1S/C39H44N8O7S/c1-6-24(44-38(50)52-4)36(48)46-15-7-9-27(46)35-41-20-26(43-35)31-18-30-32(55-31)17-29(54-30)23-13-11-22(12-14-23)25-19-40-34(42-25)28-10-8-16-47(28)37(49)33(21(2)3)45-39(51)53-5/h8,10-14,17-21,24,27-28,33H,6-7,9,15-16H2,1-5H3,(H,40,42)(H,41,43)(H,44,50)(H,45,51)/t24-,27+,28+,33+/m1/s1. The van der Waals surface area contributed by atoms with E-state index in [2.05, 4.69) is 30.6 Å². The summed E-state index contributed by atoms with van der Waals surface area (Å²) in [5, 5.41) is 5.30. The molecule has 4 N–H and O–H groups in total. The third-order valence-corrected chi connectivity index (χ3v) is 11.2. The Morgan fingerprint density at radius 2 is 1.62 bits per heavy atom. The summed E-state index contributed by atoms with van der Waals surface area (Å²) in [6.45, 7) is 6.60. The lowest BCUT2D eigenvalue weighted by molar-refractivity contribution is -0.135. The number of imidazole rings is 2. The van der Waals surface area contributed by atoms with Gasteiger partial charge in [-0.3, -0.25) is 9.59 Å². The van der Waals surface area contributed by atoms with Crippen molar-refractivity contribution >= 4 is 45.6 Å². The van der Waals surface area contributed by atoms with Crippen LogP contribution in [0.15, 0.2) is 65.4 Å². The minimum atomic E-state index is -0.732. The summed E-state index contributed by atoms with van der Waals surface area (Å²) in [7, 11) is 2.55. The second kappa shape index (κ2) is 15.8. The molecule has 0 saturated carbocycles. The van der Waals surface area contributed by atoms with Gasteiger partial charge in [-0.15, -0.1) is 11.3 Å². The average Bonchev–Trinajstić information content (AvgIpc) is 4.04. The number of rotatable bonds is 11. The Labute approximate surface area is 321 Å². The number of aromatic amines is 2. The van der Waals surface area contributed by atoms with Gasteiger partial charge in [0.2, 0.25) is 11.8 Å². The quantitative estimate of drug-likeness (QED) is 0.108. The molecule has 7 rings (SSSR count). The molecule has 16 heteroatoms. The Bertz CT molecular complexity index is 2190. The maximum absolute atomic E-state index is 13.5. The van der Waals surface area contributed by atoms with Crippen LogP contribution in [0.25, 0.3) is 43.4 Å². The number of hydrogen-bond acceptors (Lipinski definition) is 10. The molecule has 0 unspecified atom stereocenters. The topological polar surface area (TPSA) is 188 Å². The molecule has 0 spiro atoms. The largest absolute Gasteiger partial charge is 0.455 e. The van der Waals surface area contributed by atoms with Crippen LogP contribution in [0, 0.1) is 5.92 Å². The third kappa shape index (κ3) is 7.58. The molecule has 1 fully saturated rings. The predicted octanol–water partition coefficient (Wildman–Crippen LogP) is 6.56. The number of aromatic nitrogens is 4. The van der Waals surface area contributed by atoms with Crippen molar-refractivity contribution < 1.29 is 33.1 Å². The van der Waals surface area contributed by atoms with Crippen LogP contribution in [-0.2, 0) is 19.1 Å². The van der Waals surface area contributed by atoms with Gasteiger partial charge in [0.1, 0.15) is 41.1 Å². The number of nitrogens with one attached hydrogen (secondary N) is 4. The van der Waals surface area contributed by atoms with Crippen molar-refractivity contribution in [2.24, 2.45) is 5.92 Å². The van der Waals surface area contributed by atoms with E-state index in [0.717, 1.165) is 56.3 Å². The highest BCUT2D eigenvalue weighted by molar-refractivity contribution is 7.22. The number of benzene rings is 1. The van der Waals surface area contributed by atoms with Gasteiger partial charge in [0, 0.05) is 30.8 Å². The van der Waals surface area contributed by atoms with Gasteiger partial charge >= 0.3 is 12.2 Å². The first-order valence-electron chi connectivity index (χ1n) is 18.3. The third-order valence-electron chi connectivity index (χ3n) is 10.1. The van der Waals surface area contributed by atoms with Crippen LogP contribution in [0.2, 0.25) is 0 Å². The van der Waals surface area contributed by atoms with E-state index in [1.54, 1.807) is 33.5 Å². The van der Waals surface area contributed by atoms with Crippen molar-refractivity contribution in [3.63, 3.8) is 0 Å². The molecule has 2 aliphatic rings. The van der Waals surface area contributed by atoms with Crippen molar-refractivity contribution in [1.82, 2.24) is 40.4 Å². The monoisotopic (exact) mass is 768 g/mol. The molecule has 0 radical (unpaired) electrons. The van der Waals surface area contributed by atoms with Gasteiger partial charge in [-0.05, 0) is 30.7 Å². The summed E-state index contributed by atoms with van der Waals surface area (Å²) >= 11 is 1.59. The molecule has 1 aromatic carbocycles. The number of thiophene rings is 1. The second-order valence-electron chi connectivity index (χ2n) is 13.9. The average molecular weight is 769 g/mol. The van der Waals surface area contributed by atoms with Gasteiger partial charge in [0.15, 0.2) is 0 Å². The number of fused-ring (bicyclic) bond motifs is 1. The minimum absolute atomic E-state index is 0.137. The predicted molar refractivity (Wildman–Crippen MR) is 206 cm³/mol. The van der Waals surface area contributed by atoms with Crippen LogP contribution in [0.4, 0.5) is 9.59 Å². The van der Waals surface area contributed by atoms with E-state index in [1.165, 1.54) is 14.2 Å². The number of furan rings is 1. The molecule has 288 valence electrons. The lowest BCUT2D eigenvalue weighted by Crippen LogP contribution is -2.51. The molecule has 2 aliphatic heterocycles. The summed E-state index contributed by atoms with van der Waals surface area (Å²) < 4.78 is 16.7. The number of likely N-dealkylation sites (tertiary alicyclic amines) is 1. The summed E-state index contributed by atoms with van der Waals surface area (Å²) in [5.74, 6) is 1.58. The maximum atomic E-state index is 13.5. The fourth-order valence-electron chi connectivity index (χ4n) is 7.11. The number of ether oxygens (including phenoxy) is 2. The summed E-state index contributed by atoms with van der Waals surface area (Å²) in [6.07, 6.45) is 8.19. The van der Waals surface area contributed by atoms with E-state index >= 15 is 0 Å². The van der Waals surface area contributed by atoms with Crippen LogP contribution in [0.3, 0.4) is 0 Å². The Morgan fingerprint density at radius 1 is 0.927 bits per heavy atom. The maximum Gasteiger partial charge on any atom is 0.407 e. The number of methoxy groups -OCH3 is 2. The lowest BCUT2D eigenvalue weighted by Gasteiger charge is -2.29. The van der Waals surface area contributed by atoms with E-state index in [4.69, 9.17) is 13.9 Å². The number of hydrogen-bond donors (Lipinski definition) is 4. The van der Waals surface area contributed by atoms with E-state index in [0.29, 0.717) is 31.2 Å². The zero-order valence-electron chi connectivity index (χ0n) is 31.3. The van der Waals surface area contributed by atoms with Gasteiger partial charge in [-0.1, -0.05) is 57.2 Å². The Morgan fingerprint density at radius 3 is 2.33 bits per heavy atom. The molecule has 4 atom stereocenters. The normalized spacial score (nSPS) is 17.9. The number of carbonyl (C=O) groups excluding carboxylic acids is 4. The molecular weight excluding hydrogens is 725 g/mol. The summed E-state index contributed by atoms with van der Waals surface area (Å²) in [6, 6.07) is 10.00. The van der Waals surface area contributed by atoms with Crippen molar-refractivity contribution in [1.29, 1.82) is 0 Å². The number of H-pyrrole nitrogens is 2. The zero-order chi connectivity index (χ0) is 38.8. The van der Waals surface area contributed by atoms with Crippen LogP contribution < -0.4 is 10.6 Å². The smallest absolute Gasteiger partial charge is 0.407 e. The Balaban J connectivity index is 1.01. The zero-order valence-corrected chi connectivity index (χ0v) is 32.1. The molecule has 6 heterocycles. The van der Waals surface area contributed by atoms with E-state index < -0.39 is 30.3 Å². The first kappa shape index (κ1) is 37.4. The molecule has 4 aromatic heterocycles. The first-order chi connectivity index (χ1) is 26.6. The molecule has 55 heavy (non-hydrogen) atoms.